The predicted molar refractivity (Wildman–Crippen MR) is 85.2 cm³/mol. The standard InChI is InChI=1S/C18H20ClFO/c1-4-18(2,3)13-7-5-12(6-8-13)17(21)15-10-9-14(19)11-16(15)20/h5-11,17,21H,4H2,1-3H3. The van der Waals surface area contributed by atoms with E-state index in [4.69, 9.17) is 11.6 Å². The third-order valence-electron chi connectivity index (χ3n) is 4.15. The van der Waals surface area contributed by atoms with Gasteiger partial charge in [-0.1, -0.05) is 62.7 Å². The minimum atomic E-state index is -0.985. The molecular formula is C18H20ClFO. The highest BCUT2D eigenvalue weighted by Gasteiger charge is 2.19. The summed E-state index contributed by atoms with van der Waals surface area (Å²) in [5.74, 6) is -0.493. The van der Waals surface area contributed by atoms with Crippen LogP contribution in [0.2, 0.25) is 5.02 Å². The molecule has 0 aliphatic rings. The number of rotatable bonds is 4. The van der Waals surface area contributed by atoms with Crippen LogP contribution in [0.5, 0.6) is 0 Å². The van der Waals surface area contributed by atoms with E-state index >= 15 is 0 Å². The van der Waals surface area contributed by atoms with E-state index in [2.05, 4.69) is 20.8 Å². The largest absolute Gasteiger partial charge is 0.384 e. The second-order valence-corrected chi connectivity index (χ2v) is 6.36. The first-order valence-corrected chi connectivity index (χ1v) is 7.46. The van der Waals surface area contributed by atoms with Crippen LogP contribution in [0.1, 0.15) is 50.0 Å². The van der Waals surface area contributed by atoms with Crippen molar-refractivity contribution in [3.8, 4) is 0 Å². The van der Waals surface area contributed by atoms with Crippen LogP contribution in [0.25, 0.3) is 0 Å². The molecule has 0 aliphatic heterocycles. The Kier molecular flexibility index (Phi) is 4.70. The highest BCUT2D eigenvalue weighted by molar-refractivity contribution is 6.30. The third kappa shape index (κ3) is 3.45. The smallest absolute Gasteiger partial charge is 0.130 e. The molecule has 2 aromatic carbocycles. The molecule has 3 heteroatoms. The van der Waals surface area contributed by atoms with E-state index in [0.717, 1.165) is 6.42 Å². The second kappa shape index (κ2) is 6.17. The average molecular weight is 307 g/mol. The molecule has 0 heterocycles. The van der Waals surface area contributed by atoms with Crippen molar-refractivity contribution in [3.05, 3.63) is 70.0 Å². The summed E-state index contributed by atoms with van der Waals surface area (Å²) in [6.45, 7) is 6.50. The summed E-state index contributed by atoms with van der Waals surface area (Å²) in [5.41, 5.74) is 2.21. The van der Waals surface area contributed by atoms with Crippen LogP contribution in [-0.2, 0) is 5.41 Å². The molecule has 0 fully saturated rings. The maximum Gasteiger partial charge on any atom is 0.130 e. The van der Waals surface area contributed by atoms with Crippen LogP contribution in [0.15, 0.2) is 42.5 Å². The summed E-state index contributed by atoms with van der Waals surface area (Å²) >= 11 is 5.73. The lowest BCUT2D eigenvalue weighted by Crippen LogP contribution is -2.15. The Morgan fingerprint density at radius 2 is 1.76 bits per heavy atom. The fourth-order valence-electron chi connectivity index (χ4n) is 2.22. The zero-order chi connectivity index (χ0) is 15.6. The summed E-state index contributed by atoms with van der Waals surface area (Å²) in [5, 5.41) is 10.7. The van der Waals surface area contributed by atoms with Crippen molar-refractivity contribution in [2.24, 2.45) is 0 Å². The van der Waals surface area contributed by atoms with Gasteiger partial charge in [-0.2, -0.15) is 0 Å². The van der Waals surface area contributed by atoms with Crippen LogP contribution < -0.4 is 0 Å². The van der Waals surface area contributed by atoms with Gasteiger partial charge < -0.3 is 5.11 Å². The fraction of sp³-hybridized carbons (Fsp3) is 0.333. The van der Waals surface area contributed by atoms with Gasteiger partial charge in [0.1, 0.15) is 11.9 Å². The van der Waals surface area contributed by atoms with Crippen LogP contribution in [0, 0.1) is 5.82 Å². The molecule has 1 atom stereocenters. The lowest BCUT2D eigenvalue weighted by molar-refractivity contribution is 0.215. The highest BCUT2D eigenvalue weighted by atomic mass is 35.5. The third-order valence-corrected chi connectivity index (χ3v) is 4.38. The van der Waals surface area contributed by atoms with E-state index in [1.165, 1.54) is 17.7 Å². The van der Waals surface area contributed by atoms with Gasteiger partial charge in [-0.3, -0.25) is 0 Å². The Bertz CT molecular complexity index is 620. The SMILES string of the molecule is CCC(C)(C)c1ccc(C(O)c2ccc(Cl)cc2F)cc1. The van der Waals surface area contributed by atoms with Gasteiger partial charge >= 0.3 is 0 Å². The van der Waals surface area contributed by atoms with Gasteiger partial charge in [-0.15, -0.1) is 0 Å². The zero-order valence-electron chi connectivity index (χ0n) is 12.5. The first kappa shape index (κ1) is 16.0. The molecule has 21 heavy (non-hydrogen) atoms. The molecule has 1 nitrogen and oxygen atoms in total. The van der Waals surface area contributed by atoms with Crippen molar-refractivity contribution in [1.29, 1.82) is 0 Å². The quantitative estimate of drug-likeness (QED) is 0.818. The first-order valence-electron chi connectivity index (χ1n) is 7.08. The minimum absolute atomic E-state index is 0.0923. The normalized spacial score (nSPS) is 13.2. The second-order valence-electron chi connectivity index (χ2n) is 5.93. The minimum Gasteiger partial charge on any atom is -0.384 e. The number of benzene rings is 2. The molecular weight excluding hydrogens is 287 g/mol. The Labute approximate surface area is 130 Å². The maximum atomic E-state index is 13.9. The molecule has 1 unspecified atom stereocenters. The van der Waals surface area contributed by atoms with Crippen molar-refractivity contribution < 1.29 is 9.50 Å². The van der Waals surface area contributed by atoms with Gasteiger partial charge in [0.2, 0.25) is 0 Å². The van der Waals surface area contributed by atoms with Crippen molar-refractivity contribution in [1.82, 2.24) is 0 Å². The molecule has 0 amide bonds. The molecule has 2 rings (SSSR count). The van der Waals surface area contributed by atoms with Crippen LogP contribution >= 0.6 is 11.6 Å². The molecule has 0 saturated carbocycles. The number of hydrogen-bond donors (Lipinski definition) is 1. The monoisotopic (exact) mass is 306 g/mol. The first-order chi connectivity index (χ1) is 9.85. The van der Waals surface area contributed by atoms with E-state index in [1.807, 2.05) is 24.3 Å². The number of aliphatic hydroxyl groups excluding tert-OH is 1. The van der Waals surface area contributed by atoms with Gasteiger partial charge in [0.15, 0.2) is 0 Å². The topological polar surface area (TPSA) is 20.2 Å². The summed E-state index contributed by atoms with van der Waals surface area (Å²) in [4.78, 5) is 0. The summed E-state index contributed by atoms with van der Waals surface area (Å²) in [7, 11) is 0. The van der Waals surface area contributed by atoms with Gasteiger partial charge in [-0.05, 0) is 35.1 Å². The van der Waals surface area contributed by atoms with Crippen LogP contribution in [0.4, 0.5) is 4.39 Å². The van der Waals surface area contributed by atoms with E-state index in [-0.39, 0.29) is 11.0 Å². The number of hydrogen-bond acceptors (Lipinski definition) is 1. The molecule has 112 valence electrons. The number of aliphatic hydroxyl groups is 1. The van der Waals surface area contributed by atoms with Crippen LogP contribution in [0.3, 0.4) is 0 Å². The molecule has 2 aromatic rings. The lowest BCUT2D eigenvalue weighted by atomic mass is 9.81. The van der Waals surface area contributed by atoms with Gasteiger partial charge in [0, 0.05) is 10.6 Å². The van der Waals surface area contributed by atoms with E-state index in [0.29, 0.717) is 10.6 Å². The summed E-state index contributed by atoms with van der Waals surface area (Å²) < 4.78 is 13.9. The number of halogens is 2. The fourth-order valence-corrected chi connectivity index (χ4v) is 2.38. The Balaban J connectivity index is 2.30. The summed E-state index contributed by atoms with van der Waals surface area (Å²) in [6.07, 6.45) is 0.0434. The van der Waals surface area contributed by atoms with Crippen molar-refractivity contribution in [2.45, 2.75) is 38.7 Å². The van der Waals surface area contributed by atoms with Gasteiger partial charge in [0.05, 0.1) is 0 Å². The Morgan fingerprint density at radius 1 is 1.14 bits per heavy atom. The van der Waals surface area contributed by atoms with E-state index < -0.39 is 11.9 Å². The average Bonchev–Trinajstić information content (AvgIpc) is 2.47. The maximum absolute atomic E-state index is 13.9. The molecule has 0 bridgehead atoms. The molecule has 0 aliphatic carbocycles. The van der Waals surface area contributed by atoms with Crippen molar-refractivity contribution in [3.63, 3.8) is 0 Å². The zero-order valence-corrected chi connectivity index (χ0v) is 13.3. The predicted octanol–water partition coefficient (Wildman–Crippen LogP) is 5.25. The highest BCUT2D eigenvalue weighted by Crippen LogP contribution is 2.30. The van der Waals surface area contributed by atoms with E-state index in [9.17, 15) is 9.50 Å². The molecule has 1 N–H and O–H groups in total. The molecule has 0 aromatic heterocycles. The van der Waals surface area contributed by atoms with Crippen LogP contribution in [-0.4, -0.2) is 5.11 Å². The van der Waals surface area contributed by atoms with Gasteiger partial charge in [-0.25, -0.2) is 4.39 Å². The molecule has 0 spiro atoms. The van der Waals surface area contributed by atoms with Crippen molar-refractivity contribution >= 4 is 11.6 Å². The Hall–Kier alpha value is -1.38. The van der Waals surface area contributed by atoms with Crippen molar-refractivity contribution in [2.75, 3.05) is 0 Å². The molecule has 0 saturated heterocycles. The lowest BCUT2D eigenvalue weighted by Gasteiger charge is -2.24. The Morgan fingerprint density at radius 3 is 2.29 bits per heavy atom. The van der Waals surface area contributed by atoms with E-state index in [1.54, 1.807) is 6.07 Å². The van der Waals surface area contributed by atoms with Gasteiger partial charge in [0.25, 0.3) is 0 Å². The molecule has 0 radical (unpaired) electrons. The summed E-state index contributed by atoms with van der Waals surface area (Å²) in [6, 6.07) is 12.0.